The van der Waals surface area contributed by atoms with Gasteiger partial charge in [0.25, 0.3) is 0 Å². The van der Waals surface area contributed by atoms with E-state index in [1.165, 1.54) is 0 Å². The van der Waals surface area contributed by atoms with Gasteiger partial charge in [-0.05, 0) is 19.9 Å². The van der Waals surface area contributed by atoms with Crippen molar-refractivity contribution in [2.45, 2.75) is 43.1 Å². The van der Waals surface area contributed by atoms with Crippen LogP contribution in [0.4, 0.5) is 0 Å². The van der Waals surface area contributed by atoms with Crippen LogP contribution in [0.3, 0.4) is 0 Å². The van der Waals surface area contributed by atoms with E-state index >= 15 is 0 Å². The molecule has 1 aromatic rings. The maximum absolute atomic E-state index is 11.5. The van der Waals surface area contributed by atoms with Crippen molar-refractivity contribution in [2.75, 3.05) is 6.54 Å². The molecule has 1 rings (SSSR count). The minimum Gasteiger partial charge on any atom is -0.368 e. The van der Waals surface area contributed by atoms with E-state index in [4.69, 9.17) is 5.73 Å². The lowest BCUT2D eigenvalue weighted by Gasteiger charge is -2.29. The van der Waals surface area contributed by atoms with Crippen molar-refractivity contribution in [3.05, 3.63) is 12.4 Å². The number of amides is 1. The van der Waals surface area contributed by atoms with Crippen molar-refractivity contribution in [2.24, 2.45) is 12.8 Å². The van der Waals surface area contributed by atoms with Gasteiger partial charge in [-0.25, -0.2) is 4.98 Å². The summed E-state index contributed by atoms with van der Waals surface area (Å²) in [6.45, 7) is 6.63. The first-order valence-electron chi connectivity index (χ1n) is 6.08. The van der Waals surface area contributed by atoms with Crippen molar-refractivity contribution in [1.82, 2.24) is 14.9 Å². The molecule has 0 aliphatic rings. The molecule has 1 aromatic heterocycles. The normalized spacial score (nSPS) is 16.2. The Balaban J connectivity index is 2.65. The Morgan fingerprint density at radius 1 is 1.72 bits per heavy atom. The minimum atomic E-state index is -0.660. The van der Waals surface area contributed by atoms with Crippen molar-refractivity contribution in [3.63, 3.8) is 0 Å². The second-order valence-corrected chi connectivity index (χ2v) is 6.09. The molecular formula is C12H22N4OS. The third-order valence-electron chi connectivity index (χ3n) is 2.89. The predicted molar refractivity (Wildman–Crippen MR) is 74.4 cm³/mol. The molecule has 6 heteroatoms. The number of rotatable bonds is 7. The van der Waals surface area contributed by atoms with Crippen LogP contribution >= 0.6 is 11.8 Å². The number of hydrogen-bond donors (Lipinski definition) is 2. The number of carbonyl (C=O) groups excluding carboxylic acids is 1. The topological polar surface area (TPSA) is 72.9 Å². The van der Waals surface area contributed by atoms with Gasteiger partial charge in [-0.3, -0.25) is 4.79 Å². The molecule has 0 aliphatic carbocycles. The quantitative estimate of drug-likeness (QED) is 0.729. The summed E-state index contributed by atoms with van der Waals surface area (Å²) in [5.74, 6) is -0.309. The van der Waals surface area contributed by atoms with E-state index in [1.54, 1.807) is 18.0 Å². The highest BCUT2D eigenvalue weighted by molar-refractivity contribution is 7.99. The Morgan fingerprint density at radius 3 is 2.83 bits per heavy atom. The van der Waals surface area contributed by atoms with Gasteiger partial charge in [0, 0.05) is 24.7 Å². The molecule has 0 saturated heterocycles. The van der Waals surface area contributed by atoms with E-state index in [9.17, 15) is 4.79 Å². The van der Waals surface area contributed by atoms with E-state index in [0.717, 1.165) is 11.7 Å². The highest BCUT2D eigenvalue weighted by Crippen LogP contribution is 2.27. The molecule has 102 valence electrons. The molecule has 2 atom stereocenters. The predicted octanol–water partition coefficient (Wildman–Crippen LogP) is 1.14. The number of aryl methyl sites for hydroxylation is 1. The fourth-order valence-corrected chi connectivity index (χ4v) is 3.04. The number of nitrogens with two attached hydrogens (primary N) is 1. The Labute approximate surface area is 113 Å². The number of nitrogens with one attached hydrogen (secondary N) is 1. The maximum Gasteiger partial charge on any atom is 0.237 e. The van der Waals surface area contributed by atoms with Crippen LogP contribution in [0, 0.1) is 0 Å². The zero-order chi connectivity index (χ0) is 13.8. The van der Waals surface area contributed by atoms with Gasteiger partial charge in [-0.15, -0.1) is 0 Å². The van der Waals surface area contributed by atoms with Crippen LogP contribution in [0.1, 0.15) is 27.2 Å². The first kappa shape index (κ1) is 15.0. The summed E-state index contributed by atoms with van der Waals surface area (Å²) in [5.41, 5.74) is 4.82. The van der Waals surface area contributed by atoms with Crippen LogP contribution in [-0.2, 0) is 11.8 Å². The summed E-state index contributed by atoms with van der Waals surface area (Å²) < 4.78 is 1.97. The average Bonchev–Trinajstić information content (AvgIpc) is 2.64. The first-order valence-corrected chi connectivity index (χ1v) is 6.96. The van der Waals surface area contributed by atoms with Crippen molar-refractivity contribution >= 4 is 17.7 Å². The van der Waals surface area contributed by atoms with E-state index in [-0.39, 0.29) is 11.2 Å². The zero-order valence-electron chi connectivity index (χ0n) is 11.4. The molecule has 0 spiro atoms. The fraction of sp³-hybridized carbons (Fsp3) is 0.667. The molecule has 1 heterocycles. The molecular weight excluding hydrogens is 248 g/mol. The monoisotopic (exact) mass is 270 g/mol. The summed E-state index contributed by atoms with van der Waals surface area (Å²) in [7, 11) is 1.96. The number of likely N-dealkylation sites (N-methyl/N-ethyl adjacent to an activating group) is 1. The van der Waals surface area contributed by atoms with Gasteiger partial charge in [0.05, 0.1) is 5.54 Å². The van der Waals surface area contributed by atoms with Crippen LogP contribution in [0.2, 0.25) is 0 Å². The number of nitrogens with zero attached hydrogens (tertiary/aromatic N) is 2. The lowest BCUT2D eigenvalue weighted by atomic mass is 9.95. The highest BCUT2D eigenvalue weighted by Gasteiger charge is 2.32. The first-order chi connectivity index (χ1) is 8.39. The number of carbonyl (C=O) groups is 1. The van der Waals surface area contributed by atoms with Crippen LogP contribution in [0.25, 0.3) is 0 Å². The van der Waals surface area contributed by atoms with E-state index < -0.39 is 5.54 Å². The molecule has 0 saturated carbocycles. The summed E-state index contributed by atoms with van der Waals surface area (Å²) in [6.07, 6.45) is 4.35. The summed E-state index contributed by atoms with van der Waals surface area (Å²) in [5, 5.41) is 4.37. The van der Waals surface area contributed by atoms with Crippen LogP contribution in [-0.4, -0.2) is 32.8 Å². The largest absolute Gasteiger partial charge is 0.368 e. The lowest BCUT2D eigenvalue weighted by molar-refractivity contribution is -0.124. The molecule has 3 N–H and O–H groups in total. The number of imidazole rings is 1. The van der Waals surface area contributed by atoms with Crippen molar-refractivity contribution in [1.29, 1.82) is 0 Å². The second-order valence-electron chi connectivity index (χ2n) is 4.68. The average molecular weight is 270 g/mol. The highest BCUT2D eigenvalue weighted by atomic mass is 32.2. The fourth-order valence-electron chi connectivity index (χ4n) is 1.91. The van der Waals surface area contributed by atoms with Gasteiger partial charge in [0.15, 0.2) is 5.16 Å². The minimum absolute atomic E-state index is 0.252. The van der Waals surface area contributed by atoms with Crippen molar-refractivity contribution in [3.8, 4) is 0 Å². The van der Waals surface area contributed by atoms with Crippen LogP contribution in [0.15, 0.2) is 17.6 Å². The standard InChI is InChI=1S/C12H22N4OS/c1-5-15-12(3,10(13)17)8-9(2)18-11-14-6-7-16(11)4/h6-7,9,15H,5,8H2,1-4H3,(H2,13,17). The molecule has 0 bridgehead atoms. The number of primary amides is 1. The molecule has 0 aromatic carbocycles. The van der Waals surface area contributed by atoms with Crippen LogP contribution < -0.4 is 11.1 Å². The molecule has 1 amide bonds. The van der Waals surface area contributed by atoms with E-state index in [0.29, 0.717) is 6.42 Å². The van der Waals surface area contributed by atoms with Gasteiger partial charge in [0.2, 0.25) is 5.91 Å². The van der Waals surface area contributed by atoms with E-state index in [1.807, 2.05) is 31.7 Å². The van der Waals surface area contributed by atoms with Crippen LogP contribution in [0.5, 0.6) is 0 Å². The molecule has 0 radical (unpaired) electrons. The molecule has 0 aliphatic heterocycles. The molecule has 2 unspecified atom stereocenters. The molecule has 0 fully saturated rings. The Morgan fingerprint density at radius 2 is 2.39 bits per heavy atom. The number of aromatic nitrogens is 2. The third kappa shape index (κ3) is 3.74. The van der Waals surface area contributed by atoms with Gasteiger partial charge in [0.1, 0.15) is 0 Å². The summed E-state index contributed by atoms with van der Waals surface area (Å²) >= 11 is 1.65. The Hall–Kier alpha value is -1.01. The van der Waals surface area contributed by atoms with Gasteiger partial charge in [-0.1, -0.05) is 25.6 Å². The zero-order valence-corrected chi connectivity index (χ0v) is 12.3. The maximum atomic E-state index is 11.5. The van der Waals surface area contributed by atoms with Gasteiger partial charge >= 0.3 is 0 Å². The SMILES string of the molecule is CCNC(C)(CC(C)Sc1nccn1C)C(N)=O. The second kappa shape index (κ2) is 6.24. The third-order valence-corrected chi connectivity index (χ3v) is 4.06. The number of hydrogen-bond acceptors (Lipinski definition) is 4. The Kier molecular flexibility index (Phi) is 5.22. The molecule has 5 nitrogen and oxygen atoms in total. The Bertz CT molecular complexity index is 407. The van der Waals surface area contributed by atoms with E-state index in [2.05, 4.69) is 17.2 Å². The summed E-state index contributed by atoms with van der Waals surface area (Å²) in [4.78, 5) is 15.8. The molecule has 18 heavy (non-hydrogen) atoms. The van der Waals surface area contributed by atoms with Gasteiger partial charge < -0.3 is 15.6 Å². The van der Waals surface area contributed by atoms with Gasteiger partial charge in [-0.2, -0.15) is 0 Å². The smallest absolute Gasteiger partial charge is 0.237 e. The van der Waals surface area contributed by atoms with Crippen molar-refractivity contribution < 1.29 is 4.79 Å². The lowest BCUT2D eigenvalue weighted by Crippen LogP contribution is -2.54. The summed E-state index contributed by atoms with van der Waals surface area (Å²) in [6, 6.07) is 0. The number of thioether (sulfide) groups is 1.